The number of aliphatic carboxylic acids is 1. The Morgan fingerprint density at radius 1 is 1.43 bits per heavy atom. The first-order valence-corrected chi connectivity index (χ1v) is 4.89. The molecular weight excluding hydrogens is 186 g/mol. The van der Waals surface area contributed by atoms with Gasteiger partial charge in [0.25, 0.3) is 0 Å². The maximum absolute atomic E-state index is 10.4. The molecule has 0 bridgehead atoms. The molecule has 1 rings (SSSR count). The van der Waals surface area contributed by atoms with E-state index in [9.17, 15) is 4.79 Å². The van der Waals surface area contributed by atoms with Crippen molar-refractivity contribution in [2.75, 3.05) is 32.8 Å². The highest BCUT2D eigenvalue weighted by Gasteiger charge is 2.20. The SMILES string of the molecule is O=C(O)CN1CCC(OCCO)CC1. The van der Waals surface area contributed by atoms with Gasteiger partial charge in [-0.25, -0.2) is 0 Å². The molecular formula is C9H17NO4. The predicted octanol–water partition coefficient (Wildman–Crippen LogP) is -0.456. The Balaban J connectivity index is 2.14. The van der Waals surface area contributed by atoms with Crippen molar-refractivity contribution in [1.82, 2.24) is 4.90 Å². The van der Waals surface area contributed by atoms with E-state index < -0.39 is 5.97 Å². The fourth-order valence-electron chi connectivity index (χ4n) is 1.64. The summed E-state index contributed by atoms with van der Waals surface area (Å²) >= 11 is 0. The highest BCUT2D eigenvalue weighted by atomic mass is 16.5. The number of likely N-dealkylation sites (tertiary alicyclic amines) is 1. The lowest BCUT2D eigenvalue weighted by molar-refractivity contribution is -0.139. The van der Waals surface area contributed by atoms with Crippen LogP contribution in [0.2, 0.25) is 0 Å². The van der Waals surface area contributed by atoms with Crippen molar-refractivity contribution in [2.24, 2.45) is 0 Å². The molecule has 0 aromatic heterocycles. The molecule has 0 unspecified atom stereocenters. The molecule has 1 saturated heterocycles. The third kappa shape index (κ3) is 4.04. The van der Waals surface area contributed by atoms with Gasteiger partial charge < -0.3 is 14.9 Å². The highest BCUT2D eigenvalue weighted by molar-refractivity contribution is 5.69. The van der Waals surface area contributed by atoms with Crippen molar-refractivity contribution in [3.63, 3.8) is 0 Å². The number of aliphatic hydroxyl groups is 1. The lowest BCUT2D eigenvalue weighted by Crippen LogP contribution is -2.40. The van der Waals surface area contributed by atoms with Crippen LogP contribution in [-0.2, 0) is 9.53 Å². The zero-order chi connectivity index (χ0) is 10.4. The molecule has 0 atom stereocenters. The quantitative estimate of drug-likeness (QED) is 0.633. The fraction of sp³-hybridized carbons (Fsp3) is 0.889. The average Bonchev–Trinajstić information content (AvgIpc) is 2.16. The summed E-state index contributed by atoms with van der Waals surface area (Å²) < 4.78 is 5.36. The van der Waals surface area contributed by atoms with E-state index in [2.05, 4.69) is 0 Å². The smallest absolute Gasteiger partial charge is 0.317 e. The summed E-state index contributed by atoms with van der Waals surface area (Å²) in [4.78, 5) is 12.3. The van der Waals surface area contributed by atoms with Crippen LogP contribution in [-0.4, -0.2) is 60.0 Å². The highest BCUT2D eigenvalue weighted by Crippen LogP contribution is 2.12. The topological polar surface area (TPSA) is 70.0 Å². The molecule has 0 amide bonds. The van der Waals surface area contributed by atoms with Gasteiger partial charge in [-0.15, -0.1) is 0 Å². The second-order valence-corrected chi connectivity index (χ2v) is 3.46. The van der Waals surface area contributed by atoms with Crippen LogP contribution in [0.25, 0.3) is 0 Å². The van der Waals surface area contributed by atoms with Crippen LogP contribution in [0.15, 0.2) is 0 Å². The Morgan fingerprint density at radius 3 is 2.57 bits per heavy atom. The van der Waals surface area contributed by atoms with Gasteiger partial charge in [0.15, 0.2) is 0 Å². The summed E-state index contributed by atoms with van der Waals surface area (Å²) in [5.41, 5.74) is 0. The number of nitrogens with zero attached hydrogens (tertiary/aromatic N) is 1. The number of hydrogen-bond acceptors (Lipinski definition) is 4. The molecule has 14 heavy (non-hydrogen) atoms. The monoisotopic (exact) mass is 203 g/mol. The molecule has 5 heteroatoms. The van der Waals surface area contributed by atoms with Crippen molar-refractivity contribution >= 4 is 5.97 Å². The Kier molecular flexibility index (Phi) is 4.86. The third-order valence-corrected chi connectivity index (χ3v) is 2.34. The molecule has 0 aromatic carbocycles. The van der Waals surface area contributed by atoms with Crippen LogP contribution >= 0.6 is 0 Å². The van der Waals surface area contributed by atoms with Gasteiger partial charge in [0.1, 0.15) is 0 Å². The lowest BCUT2D eigenvalue weighted by atomic mass is 10.1. The molecule has 82 valence electrons. The van der Waals surface area contributed by atoms with Crippen LogP contribution in [0.1, 0.15) is 12.8 Å². The van der Waals surface area contributed by atoms with Gasteiger partial charge in [0.05, 0.1) is 25.9 Å². The van der Waals surface area contributed by atoms with Crippen molar-refractivity contribution in [3.8, 4) is 0 Å². The van der Waals surface area contributed by atoms with Crippen molar-refractivity contribution < 1.29 is 19.7 Å². The Bertz CT molecular complexity index is 178. The Hall–Kier alpha value is -0.650. The van der Waals surface area contributed by atoms with E-state index in [0.717, 1.165) is 25.9 Å². The first-order valence-electron chi connectivity index (χ1n) is 4.89. The van der Waals surface area contributed by atoms with Crippen molar-refractivity contribution in [3.05, 3.63) is 0 Å². The van der Waals surface area contributed by atoms with Crippen LogP contribution in [0, 0.1) is 0 Å². The van der Waals surface area contributed by atoms with Crippen LogP contribution in [0.4, 0.5) is 0 Å². The molecule has 2 N–H and O–H groups in total. The molecule has 1 aliphatic rings. The third-order valence-electron chi connectivity index (χ3n) is 2.34. The summed E-state index contributed by atoms with van der Waals surface area (Å²) in [5, 5.41) is 17.1. The molecule has 0 radical (unpaired) electrons. The first kappa shape index (κ1) is 11.4. The van der Waals surface area contributed by atoms with Gasteiger partial charge >= 0.3 is 5.97 Å². The zero-order valence-corrected chi connectivity index (χ0v) is 8.19. The zero-order valence-electron chi connectivity index (χ0n) is 8.19. The maximum Gasteiger partial charge on any atom is 0.317 e. The number of carbonyl (C=O) groups is 1. The largest absolute Gasteiger partial charge is 0.480 e. The summed E-state index contributed by atoms with van der Waals surface area (Å²) in [6, 6.07) is 0. The molecule has 1 fully saturated rings. The van der Waals surface area contributed by atoms with Crippen molar-refractivity contribution in [2.45, 2.75) is 18.9 Å². The predicted molar refractivity (Wildman–Crippen MR) is 50.1 cm³/mol. The minimum absolute atomic E-state index is 0.0509. The second kappa shape index (κ2) is 5.95. The van der Waals surface area contributed by atoms with Gasteiger partial charge in [0, 0.05) is 13.1 Å². The van der Waals surface area contributed by atoms with E-state index in [1.807, 2.05) is 4.90 Å². The van der Waals surface area contributed by atoms with E-state index in [1.54, 1.807) is 0 Å². The van der Waals surface area contributed by atoms with E-state index >= 15 is 0 Å². The summed E-state index contributed by atoms with van der Waals surface area (Å²) in [6.07, 6.45) is 1.90. The van der Waals surface area contributed by atoms with Gasteiger partial charge in [-0.1, -0.05) is 0 Å². The molecule has 0 aliphatic carbocycles. The molecule has 1 aliphatic heterocycles. The molecule has 1 heterocycles. The van der Waals surface area contributed by atoms with Gasteiger partial charge in [-0.2, -0.15) is 0 Å². The number of carboxylic acid groups (broad SMARTS) is 1. The number of carboxylic acids is 1. The van der Waals surface area contributed by atoms with E-state index in [1.165, 1.54) is 0 Å². The summed E-state index contributed by atoms with van der Waals surface area (Å²) in [7, 11) is 0. The van der Waals surface area contributed by atoms with Gasteiger partial charge in [0.2, 0.25) is 0 Å². The lowest BCUT2D eigenvalue weighted by Gasteiger charge is -2.30. The number of ether oxygens (including phenoxy) is 1. The minimum atomic E-state index is -0.778. The second-order valence-electron chi connectivity index (χ2n) is 3.46. The molecule has 0 spiro atoms. The fourth-order valence-corrected chi connectivity index (χ4v) is 1.64. The van der Waals surface area contributed by atoms with Crippen molar-refractivity contribution in [1.29, 1.82) is 0 Å². The number of rotatable bonds is 5. The van der Waals surface area contributed by atoms with E-state index in [4.69, 9.17) is 14.9 Å². The summed E-state index contributed by atoms with van der Waals surface area (Å²) in [5.74, 6) is -0.778. The Morgan fingerprint density at radius 2 is 2.07 bits per heavy atom. The van der Waals surface area contributed by atoms with E-state index in [-0.39, 0.29) is 19.3 Å². The van der Waals surface area contributed by atoms with Gasteiger partial charge in [-0.05, 0) is 12.8 Å². The number of hydrogen-bond donors (Lipinski definition) is 2. The number of piperidine rings is 1. The molecule has 0 saturated carbocycles. The standard InChI is InChI=1S/C9H17NO4/c11-5-6-14-8-1-3-10(4-2-8)7-9(12)13/h8,11H,1-7H2,(H,12,13). The van der Waals surface area contributed by atoms with Crippen LogP contribution in [0.3, 0.4) is 0 Å². The first-order chi connectivity index (χ1) is 6.72. The number of aliphatic hydroxyl groups excluding tert-OH is 1. The average molecular weight is 203 g/mol. The molecule has 0 aromatic rings. The van der Waals surface area contributed by atoms with Crippen LogP contribution in [0.5, 0.6) is 0 Å². The normalized spacial score (nSPS) is 19.8. The van der Waals surface area contributed by atoms with E-state index in [0.29, 0.717) is 6.61 Å². The van der Waals surface area contributed by atoms with Gasteiger partial charge in [-0.3, -0.25) is 9.69 Å². The maximum atomic E-state index is 10.4. The minimum Gasteiger partial charge on any atom is -0.480 e. The molecule has 5 nitrogen and oxygen atoms in total. The summed E-state index contributed by atoms with van der Waals surface area (Å²) in [6.45, 7) is 2.08. The van der Waals surface area contributed by atoms with Crippen LogP contribution < -0.4 is 0 Å². The Labute approximate surface area is 83.3 Å².